The first kappa shape index (κ1) is 19.2. The SMILES string of the molecule is CNC1=CCC(NC)(C(=O)P(Oc2ccccc2)Oc2ccccc2)C=C1. The van der Waals surface area contributed by atoms with Crippen molar-refractivity contribution in [3.8, 4) is 11.5 Å². The van der Waals surface area contributed by atoms with Crippen molar-refractivity contribution in [2.45, 2.75) is 12.0 Å². The van der Waals surface area contributed by atoms with Crippen molar-refractivity contribution in [1.29, 1.82) is 0 Å². The van der Waals surface area contributed by atoms with E-state index >= 15 is 0 Å². The van der Waals surface area contributed by atoms with Crippen LogP contribution in [0, 0.1) is 0 Å². The number of carbonyl (C=O) groups is 1. The van der Waals surface area contributed by atoms with Crippen molar-refractivity contribution in [1.82, 2.24) is 10.6 Å². The van der Waals surface area contributed by atoms with Crippen molar-refractivity contribution >= 4 is 13.9 Å². The fourth-order valence-electron chi connectivity index (χ4n) is 2.69. The lowest BCUT2D eigenvalue weighted by molar-refractivity contribution is -0.116. The summed E-state index contributed by atoms with van der Waals surface area (Å²) in [6.07, 6.45) is 6.28. The van der Waals surface area contributed by atoms with E-state index in [-0.39, 0.29) is 5.52 Å². The molecule has 5 nitrogen and oxygen atoms in total. The molecule has 0 aromatic heterocycles. The summed E-state index contributed by atoms with van der Waals surface area (Å²) in [7, 11) is 1.76. The van der Waals surface area contributed by atoms with Gasteiger partial charge in [-0.1, -0.05) is 48.6 Å². The van der Waals surface area contributed by atoms with Crippen LogP contribution in [0.1, 0.15) is 6.42 Å². The number of nitrogens with one attached hydrogen (secondary N) is 2. The van der Waals surface area contributed by atoms with Crippen LogP contribution in [0.25, 0.3) is 0 Å². The third-order valence-corrected chi connectivity index (χ3v) is 5.82. The molecule has 0 amide bonds. The van der Waals surface area contributed by atoms with E-state index in [1.165, 1.54) is 0 Å². The lowest BCUT2D eigenvalue weighted by Crippen LogP contribution is -2.49. The second kappa shape index (κ2) is 8.85. The molecule has 0 bridgehead atoms. The minimum absolute atomic E-state index is 0.129. The van der Waals surface area contributed by atoms with Gasteiger partial charge in [-0.05, 0) is 43.8 Å². The van der Waals surface area contributed by atoms with E-state index in [1.54, 1.807) is 7.05 Å². The van der Waals surface area contributed by atoms with Gasteiger partial charge in [0.05, 0.1) is 0 Å². The molecular formula is C21H23N2O3P. The Morgan fingerprint density at radius 1 is 0.963 bits per heavy atom. The van der Waals surface area contributed by atoms with E-state index in [9.17, 15) is 4.79 Å². The van der Waals surface area contributed by atoms with Gasteiger partial charge >= 0.3 is 8.38 Å². The Kier molecular flexibility index (Phi) is 6.28. The molecule has 1 aliphatic carbocycles. The lowest BCUT2D eigenvalue weighted by Gasteiger charge is -2.32. The second-order valence-electron chi connectivity index (χ2n) is 6.04. The molecule has 0 spiro atoms. The Morgan fingerprint density at radius 3 is 1.93 bits per heavy atom. The Hall–Kier alpha value is -2.62. The van der Waals surface area contributed by atoms with Crippen LogP contribution < -0.4 is 19.7 Å². The average molecular weight is 382 g/mol. The van der Waals surface area contributed by atoms with Crippen molar-refractivity contribution in [3.05, 3.63) is 84.6 Å². The zero-order valence-corrected chi connectivity index (χ0v) is 16.3. The molecule has 0 saturated heterocycles. The molecule has 27 heavy (non-hydrogen) atoms. The molecule has 6 heteroatoms. The molecular weight excluding hydrogens is 359 g/mol. The average Bonchev–Trinajstić information content (AvgIpc) is 2.74. The standard InChI is InChI=1S/C21H23N2O3P/c1-22-17-13-15-21(23-2,16-14-17)20(24)27(25-18-9-5-3-6-10-18)26-19-11-7-4-8-12-19/h3-15,22-23H,16H2,1-2H3. The predicted molar refractivity (Wildman–Crippen MR) is 109 cm³/mol. The number of hydrogen-bond acceptors (Lipinski definition) is 5. The van der Waals surface area contributed by atoms with Crippen LogP contribution in [0.15, 0.2) is 84.6 Å². The summed E-state index contributed by atoms with van der Waals surface area (Å²) in [5, 5.41) is 6.25. The van der Waals surface area contributed by atoms with Crippen LogP contribution in [0.5, 0.6) is 11.5 Å². The first-order chi connectivity index (χ1) is 13.2. The summed E-state index contributed by atoms with van der Waals surface area (Å²) >= 11 is 0. The van der Waals surface area contributed by atoms with Crippen LogP contribution in [0.4, 0.5) is 0 Å². The van der Waals surface area contributed by atoms with Crippen molar-refractivity contribution in [3.63, 3.8) is 0 Å². The first-order valence-electron chi connectivity index (χ1n) is 8.73. The smallest absolute Gasteiger partial charge is 0.367 e. The van der Waals surface area contributed by atoms with Gasteiger partial charge in [-0.2, -0.15) is 0 Å². The van der Waals surface area contributed by atoms with Crippen LogP contribution in [0.3, 0.4) is 0 Å². The van der Waals surface area contributed by atoms with Crippen LogP contribution in [0.2, 0.25) is 0 Å². The highest BCUT2D eigenvalue weighted by Crippen LogP contribution is 2.45. The molecule has 3 rings (SSSR count). The van der Waals surface area contributed by atoms with Gasteiger partial charge < -0.3 is 19.7 Å². The molecule has 140 valence electrons. The summed E-state index contributed by atoms with van der Waals surface area (Å²) in [5.74, 6) is 1.20. The predicted octanol–water partition coefficient (Wildman–Crippen LogP) is 4.00. The van der Waals surface area contributed by atoms with Gasteiger partial charge in [-0.3, -0.25) is 4.79 Å². The molecule has 0 heterocycles. The van der Waals surface area contributed by atoms with E-state index < -0.39 is 13.9 Å². The zero-order valence-electron chi connectivity index (χ0n) is 15.4. The quantitative estimate of drug-likeness (QED) is 0.676. The maximum Gasteiger partial charge on any atom is 0.367 e. The number of allylic oxidation sites excluding steroid dienone is 1. The highest BCUT2D eigenvalue weighted by molar-refractivity contribution is 7.67. The van der Waals surface area contributed by atoms with Gasteiger partial charge in [0.1, 0.15) is 17.0 Å². The molecule has 1 atom stereocenters. The van der Waals surface area contributed by atoms with Gasteiger partial charge in [-0.15, -0.1) is 0 Å². The van der Waals surface area contributed by atoms with Crippen molar-refractivity contribution in [2.24, 2.45) is 0 Å². The summed E-state index contributed by atoms with van der Waals surface area (Å²) in [6, 6.07) is 18.5. The van der Waals surface area contributed by atoms with Crippen LogP contribution in [-0.2, 0) is 4.79 Å². The van der Waals surface area contributed by atoms with Gasteiger partial charge in [0.2, 0.25) is 0 Å². The Balaban J connectivity index is 1.87. The molecule has 0 radical (unpaired) electrons. The van der Waals surface area contributed by atoms with E-state index in [1.807, 2.05) is 85.9 Å². The fourth-order valence-corrected chi connectivity index (χ4v) is 4.13. The minimum Gasteiger partial charge on any atom is -0.433 e. The summed E-state index contributed by atoms with van der Waals surface area (Å²) in [6.45, 7) is 0. The van der Waals surface area contributed by atoms with Gasteiger partial charge in [0, 0.05) is 12.7 Å². The molecule has 1 aliphatic rings. The number of benzene rings is 2. The van der Waals surface area contributed by atoms with E-state index in [0.29, 0.717) is 17.9 Å². The summed E-state index contributed by atoms with van der Waals surface area (Å²) in [5.41, 5.74) is -0.0170. The highest BCUT2D eigenvalue weighted by Gasteiger charge is 2.43. The Labute approximate surface area is 161 Å². The van der Waals surface area contributed by atoms with Crippen LogP contribution in [-0.4, -0.2) is 25.2 Å². The van der Waals surface area contributed by atoms with Gasteiger partial charge in [0.25, 0.3) is 5.52 Å². The molecule has 0 saturated carbocycles. The zero-order chi connectivity index (χ0) is 19.1. The number of para-hydroxylation sites is 2. The molecule has 0 fully saturated rings. The normalized spacial score (nSPS) is 18.7. The largest absolute Gasteiger partial charge is 0.433 e. The minimum atomic E-state index is -1.87. The number of hydrogen-bond donors (Lipinski definition) is 2. The van der Waals surface area contributed by atoms with Gasteiger partial charge in [0.15, 0.2) is 0 Å². The maximum absolute atomic E-state index is 13.5. The maximum atomic E-state index is 13.5. The number of rotatable bonds is 8. The topological polar surface area (TPSA) is 59.6 Å². The summed E-state index contributed by atoms with van der Waals surface area (Å²) in [4.78, 5) is 13.5. The number of likely N-dealkylation sites (N-methyl/N-ethyl adjacent to an activating group) is 2. The molecule has 2 N–H and O–H groups in total. The third-order valence-electron chi connectivity index (χ3n) is 4.34. The van der Waals surface area contributed by atoms with E-state index in [4.69, 9.17) is 9.05 Å². The molecule has 1 unspecified atom stereocenters. The van der Waals surface area contributed by atoms with Crippen molar-refractivity contribution in [2.75, 3.05) is 14.1 Å². The number of carbonyl (C=O) groups excluding carboxylic acids is 1. The Bertz CT molecular complexity index is 782. The van der Waals surface area contributed by atoms with Crippen molar-refractivity contribution < 1.29 is 13.8 Å². The second-order valence-corrected chi connectivity index (χ2v) is 7.32. The fraction of sp³-hybridized carbons (Fsp3) is 0.190. The van der Waals surface area contributed by atoms with E-state index in [2.05, 4.69) is 10.6 Å². The monoisotopic (exact) mass is 382 g/mol. The van der Waals surface area contributed by atoms with Crippen LogP contribution >= 0.6 is 8.38 Å². The third kappa shape index (κ3) is 4.57. The Morgan fingerprint density at radius 2 is 1.52 bits per heavy atom. The van der Waals surface area contributed by atoms with Gasteiger partial charge in [-0.25, -0.2) is 0 Å². The summed E-state index contributed by atoms with van der Waals surface area (Å²) < 4.78 is 12.0. The van der Waals surface area contributed by atoms with E-state index in [0.717, 1.165) is 5.70 Å². The molecule has 2 aromatic carbocycles. The highest BCUT2D eigenvalue weighted by atomic mass is 31.2. The molecule has 2 aromatic rings. The molecule has 0 aliphatic heterocycles. The lowest BCUT2D eigenvalue weighted by atomic mass is 9.92. The first-order valence-corrected chi connectivity index (χ1v) is 9.91.